The molecule has 0 aliphatic heterocycles. The molecule has 2 heterocycles. The van der Waals surface area contributed by atoms with Crippen molar-refractivity contribution in [1.82, 2.24) is 9.55 Å². The van der Waals surface area contributed by atoms with E-state index >= 15 is 0 Å². The lowest BCUT2D eigenvalue weighted by Crippen LogP contribution is -2.15. The van der Waals surface area contributed by atoms with Crippen LogP contribution in [-0.4, -0.2) is 21.8 Å². The lowest BCUT2D eigenvalue weighted by molar-refractivity contribution is 0.283. The van der Waals surface area contributed by atoms with E-state index in [1.807, 2.05) is 35.0 Å². The van der Waals surface area contributed by atoms with E-state index in [4.69, 9.17) is 15.5 Å². The molecule has 1 aliphatic rings. The Hall–Kier alpha value is -3.72. The molecule has 5 rings (SSSR count). The third-order valence-electron chi connectivity index (χ3n) is 5.92. The van der Waals surface area contributed by atoms with Gasteiger partial charge in [-0.3, -0.25) is 0 Å². The second-order valence-corrected chi connectivity index (χ2v) is 7.43. The fraction of sp³-hybridized carbons (Fsp3) is 0.217. The highest BCUT2D eigenvalue weighted by atomic mass is 16.5. The van der Waals surface area contributed by atoms with E-state index in [0.29, 0.717) is 45.0 Å². The molecular weight excluding hydrogens is 364 g/mol. The summed E-state index contributed by atoms with van der Waals surface area (Å²) in [5.41, 5.74) is 10.3. The van der Waals surface area contributed by atoms with Gasteiger partial charge in [-0.1, -0.05) is 24.3 Å². The number of anilines is 1. The molecule has 2 aromatic carbocycles. The Morgan fingerprint density at radius 2 is 2.03 bits per heavy atom. The number of aromatic hydroxyl groups is 1. The largest absolute Gasteiger partial charge is 0.496 e. The van der Waals surface area contributed by atoms with Crippen molar-refractivity contribution in [2.24, 2.45) is 0 Å². The highest BCUT2D eigenvalue weighted by Crippen LogP contribution is 2.44. The second-order valence-electron chi connectivity index (χ2n) is 7.43. The van der Waals surface area contributed by atoms with Crippen molar-refractivity contribution in [3.63, 3.8) is 0 Å². The molecule has 0 bridgehead atoms. The number of hydrogen-bond acceptors (Lipinski definition) is 5. The van der Waals surface area contributed by atoms with Crippen molar-refractivity contribution < 1.29 is 9.84 Å². The molecule has 0 atom stereocenters. The minimum absolute atomic E-state index is 0.178. The SMILES string of the molecule is COc1cccc(C#N)c1-c1cccc2c(N)c3c(O)n(C4CCC4)cc3nc12. The van der Waals surface area contributed by atoms with E-state index in [0.717, 1.165) is 23.8 Å². The molecule has 0 radical (unpaired) electrons. The maximum absolute atomic E-state index is 10.8. The lowest BCUT2D eigenvalue weighted by atomic mass is 9.93. The van der Waals surface area contributed by atoms with E-state index in [1.54, 1.807) is 19.2 Å². The van der Waals surface area contributed by atoms with Gasteiger partial charge in [0.2, 0.25) is 5.88 Å². The van der Waals surface area contributed by atoms with Gasteiger partial charge in [0.05, 0.1) is 40.8 Å². The third-order valence-corrected chi connectivity index (χ3v) is 5.92. The summed E-state index contributed by atoms with van der Waals surface area (Å²) < 4.78 is 7.42. The number of pyridine rings is 1. The third kappa shape index (κ3) is 2.44. The summed E-state index contributed by atoms with van der Waals surface area (Å²) in [4.78, 5) is 4.86. The Morgan fingerprint density at radius 3 is 2.72 bits per heavy atom. The Bertz CT molecular complexity index is 1310. The maximum atomic E-state index is 10.8. The summed E-state index contributed by atoms with van der Waals surface area (Å²) in [6.07, 6.45) is 5.14. The number of nitrogens with two attached hydrogens (primary N) is 1. The highest BCUT2D eigenvalue weighted by Gasteiger charge is 2.25. The molecule has 0 amide bonds. The van der Waals surface area contributed by atoms with Crippen LogP contribution in [0.1, 0.15) is 30.9 Å². The van der Waals surface area contributed by atoms with Gasteiger partial charge in [0.1, 0.15) is 5.75 Å². The number of fused-ring (bicyclic) bond motifs is 2. The number of benzene rings is 2. The zero-order chi connectivity index (χ0) is 20.1. The molecular formula is C23H20N4O2. The number of para-hydroxylation sites is 1. The summed E-state index contributed by atoms with van der Waals surface area (Å²) in [5, 5.41) is 21.8. The minimum Gasteiger partial charge on any atom is -0.496 e. The quantitative estimate of drug-likeness (QED) is 0.531. The first-order chi connectivity index (χ1) is 14.1. The van der Waals surface area contributed by atoms with E-state index in [9.17, 15) is 10.4 Å². The summed E-state index contributed by atoms with van der Waals surface area (Å²) in [6.45, 7) is 0. The van der Waals surface area contributed by atoms with Crippen LogP contribution in [-0.2, 0) is 0 Å². The molecule has 4 aromatic rings. The monoisotopic (exact) mass is 384 g/mol. The van der Waals surface area contributed by atoms with Gasteiger partial charge >= 0.3 is 0 Å². The normalized spacial score (nSPS) is 14.1. The molecule has 0 unspecified atom stereocenters. The number of nitrogens with zero attached hydrogens (tertiary/aromatic N) is 3. The molecule has 144 valence electrons. The van der Waals surface area contributed by atoms with Gasteiger partial charge in [0, 0.05) is 28.8 Å². The topological polar surface area (TPSA) is 97.1 Å². The first-order valence-electron chi connectivity index (χ1n) is 9.63. The number of nitrogen functional groups attached to an aromatic ring is 1. The first-order valence-corrected chi connectivity index (χ1v) is 9.63. The predicted octanol–water partition coefficient (Wildman–Crippen LogP) is 4.75. The van der Waals surface area contributed by atoms with E-state index < -0.39 is 0 Å². The number of aromatic nitrogens is 2. The average Bonchev–Trinajstić information content (AvgIpc) is 3.02. The summed E-state index contributed by atoms with van der Waals surface area (Å²) in [5.74, 6) is 0.781. The standard InChI is InChI=1S/C23H20N4O2/c1-29-18-10-2-5-13(11-24)19(18)15-8-4-9-16-21(25)20-17(26-22(15)16)12-27(23(20)28)14-6-3-7-14/h2,4-5,8-10,12,14,28H,3,6-7,25H2,1H3. The van der Waals surface area contributed by atoms with Crippen molar-refractivity contribution in [3.8, 4) is 28.8 Å². The van der Waals surface area contributed by atoms with Crippen LogP contribution in [0.25, 0.3) is 32.9 Å². The van der Waals surface area contributed by atoms with Crippen molar-refractivity contribution in [2.75, 3.05) is 12.8 Å². The van der Waals surface area contributed by atoms with Crippen molar-refractivity contribution in [1.29, 1.82) is 5.26 Å². The van der Waals surface area contributed by atoms with Gasteiger partial charge in [0.25, 0.3) is 0 Å². The smallest absolute Gasteiger partial charge is 0.203 e. The van der Waals surface area contributed by atoms with Crippen LogP contribution < -0.4 is 10.5 Å². The van der Waals surface area contributed by atoms with Crippen LogP contribution in [0.15, 0.2) is 42.6 Å². The van der Waals surface area contributed by atoms with Gasteiger partial charge in [-0.15, -0.1) is 0 Å². The van der Waals surface area contributed by atoms with Crippen LogP contribution in [0.4, 0.5) is 5.69 Å². The minimum atomic E-state index is 0.178. The molecule has 6 nitrogen and oxygen atoms in total. The Balaban J connectivity index is 1.85. The Kier molecular flexibility index (Phi) is 3.85. The number of methoxy groups -OCH3 is 1. The first kappa shape index (κ1) is 17.4. The van der Waals surface area contributed by atoms with Gasteiger partial charge in [-0.2, -0.15) is 5.26 Å². The van der Waals surface area contributed by atoms with Crippen molar-refractivity contribution >= 4 is 27.5 Å². The van der Waals surface area contributed by atoms with Crippen molar-refractivity contribution in [3.05, 3.63) is 48.2 Å². The van der Waals surface area contributed by atoms with Gasteiger partial charge < -0.3 is 20.1 Å². The molecule has 6 heteroatoms. The average molecular weight is 384 g/mol. The summed E-state index contributed by atoms with van der Waals surface area (Å²) in [6, 6.07) is 13.6. The number of hydrogen-bond donors (Lipinski definition) is 2. The van der Waals surface area contributed by atoms with E-state index in [2.05, 4.69) is 6.07 Å². The van der Waals surface area contributed by atoms with Gasteiger partial charge in [-0.25, -0.2) is 4.98 Å². The molecule has 1 saturated carbocycles. The molecule has 0 saturated heterocycles. The molecule has 0 spiro atoms. The molecule has 29 heavy (non-hydrogen) atoms. The fourth-order valence-corrected chi connectivity index (χ4v) is 4.20. The Labute approximate surface area is 167 Å². The maximum Gasteiger partial charge on any atom is 0.203 e. The van der Waals surface area contributed by atoms with E-state index in [-0.39, 0.29) is 5.88 Å². The zero-order valence-electron chi connectivity index (χ0n) is 16.0. The highest BCUT2D eigenvalue weighted by molar-refractivity contribution is 6.12. The second kappa shape index (κ2) is 6.42. The zero-order valence-corrected chi connectivity index (χ0v) is 16.0. The number of rotatable bonds is 3. The summed E-state index contributed by atoms with van der Waals surface area (Å²) >= 11 is 0. The van der Waals surface area contributed by atoms with Gasteiger partial charge in [-0.05, 0) is 31.4 Å². The van der Waals surface area contributed by atoms with Crippen LogP contribution in [0.2, 0.25) is 0 Å². The molecule has 3 N–H and O–H groups in total. The molecule has 1 fully saturated rings. The molecule has 2 aromatic heterocycles. The van der Waals surface area contributed by atoms with Crippen LogP contribution in [0.3, 0.4) is 0 Å². The van der Waals surface area contributed by atoms with Crippen LogP contribution >= 0.6 is 0 Å². The summed E-state index contributed by atoms with van der Waals surface area (Å²) in [7, 11) is 1.59. The predicted molar refractivity (Wildman–Crippen MR) is 113 cm³/mol. The van der Waals surface area contributed by atoms with Crippen LogP contribution in [0.5, 0.6) is 11.6 Å². The number of nitriles is 1. The number of ether oxygens (including phenoxy) is 1. The Morgan fingerprint density at radius 1 is 1.24 bits per heavy atom. The van der Waals surface area contributed by atoms with Gasteiger partial charge in [0.15, 0.2) is 0 Å². The fourth-order valence-electron chi connectivity index (χ4n) is 4.20. The van der Waals surface area contributed by atoms with Crippen LogP contribution in [0, 0.1) is 11.3 Å². The molecule has 1 aliphatic carbocycles. The van der Waals surface area contributed by atoms with E-state index in [1.165, 1.54) is 6.42 Å². The lowest BCUT2D eigenvalue weighted by Gasteiger charge is -2.27. The van der Waals surface area contributed by atoms with Crippen molar-refractivity contribution in [2.45, 2.75) is 25.3 Å².